The highest BCUT2D eigenvalue weighted by Gasteiger charge is 2.62. The summed E-state index contributed by atoms with van der Waals surface area (Å²) in [6.07, 6.45) is 0.624. The standard InChI is InChI=1S/C40H50ClF4N5O9S/c1-21-9-6-7-10-23-18-40(23,36(53)49-60(55,56)25-13-14-25)48-33(51)29-16-24(58-34-26-11-8-12-28(41)27(26)17-31(46-34)57-20-30(42)43)19-50(29)35(52)32(22(2)15-21)47-37(54)59-38(3,4)39(5,44)45/h7-8,10-12,17,21-25,29-30,32H,6,9,13-16,18-20H2,1-5H3,(H,47,54)(H,48,51)(H,49,53)/b10-7-/t21-,22-,23?,24-,29+,32+,40-/m1/s1. The lowest BCUT2D eigenvalue weighted by molar-refractivity contribution is -0.152. The number of nitrogens with zero attached hydrogens (tertiary/aromatic N) is 2. The normalized spacial score (nSPS) is 28.4. The van der Waals surface area contributed by atoms with Gasteiger partial charge in [-0.15, -0.1) is 0 Å². The summed E-state index contributed by atoms with van der Waals surface area (Å²) in [6, 6.07) is 3.35. The maximum absolute atomic E-state index is 14.8. The average molecular weight is 888 g/mol. The SMILES string of the molecule is C[C@@H]1CC/C=C\C2C[C@@]2(C(=O)NS(=O)(=O)C2CC2)NC(=O)[C@@H]2C[C@@H](Oc3nc(OCC(F)F)cc4c(Cl)cccc34)CN2C(=O)[C@@H](NC(=O)OC(C)(C)C(C)(F)F)[C@H](C)C1. The van der Waals surface area contributed by atoms with Crippen molar-refractivity contribution < 1.29 is 59.4 Å². The van der Waals surface area contributed by atoms with Crippen molar-refractivity contribution in [2.24, 2.45) is 17.8 Å². The lowest BCUT2D eigenvalue weighted by Crippen LogP contribution is -2.59. The van der Waals surface area contributed by atoms with Crippen molar-refractivity contribution in [2.45, 2.75) is 126 Å². The predicted octanol–water partition coefficient (Wildman–Crippen LogP) is 5.90. The van der Waals surface area contributed by atoms with Gasteiger partial charge in [0.05, 0.1) is 11.8 Å². The molecule has 0 bridgehead atoms. The van der Waals surface area contributed by atoms with Gasteiger partial charge in [-0.1, -0.05) is 43.7 Å². The molecule has 6 rings (SSSR count). The summed E-state index contributed by atoms with van der Waals surface area (Å²) in [5.41, 5.74) is -3.95. The Bertz CT molecular complexity index is 2140. The molecule has 1 unspecified atom stereocenters. The summed E-state index contributed by atoms with van der Waals surface area (Å²) >= 11 is 6.45. The summed E-state index contributed by atoms with van der Waals surface area (Å²) in [5.74, 6) is -7.59. The van der Waals surface area contributed by atoms with Crippen LogP contribution in [0.25, 0.3) is 10.8 Å². The third kappa shape index (κ3) is 10.0. The van der Waals surface area contributed by atoms with E-state index in [1.54, 1.807) is 31.2 Å². The molecule has 60 heavy (non-hydrogen) atoms. The topological polar surface area (TPSA) is 182 Å². The number of sulfonamides is 1. The number of hydrogen-bond acceptors (Lipinski definition) is 10. The lowest BCUT2D eigenvalue weighted by atomic mass is 9.88. The van der Waals surface area contributed by atoms with Crippen LogP contribution in [0.15, 0.2) is 36.4 Å². The smallest absolute Gasteiger partial charge is 0.408 e. The number of carbonyl (C=O) groups is 4. The minimum atomic E-state index is -4.02. The second-order valence-electron chi connectivity index (χ2n) is 17.0. The largest absolute Gasteiger partial charge is 0.472 e. The molecule has 14 nitrogen and oxygen atoms in total. The second-order valence-corrected chi connectivity index (χ2v) is 19.3. The van der Waals surface area contributed by atoms with E-state index in [4.69, 9.17) is 25.8 Å². The Morgan fingerprint density at radius 1 is 1.10 bits per heavy atom. The maximum atomic E-state index is 14.8. The van der Waals surface area contributed by atoms with Gasteiger partial charge in [0, 0.05) is 41.1 Å². The number of hydrogen-bond donors (Lipinski definition) is 3. The number of carbonyl (C=O) groups excluding carboxylic acids is 4. The molecule has 1 aromatic carbocycles. The quantitative estimate of drug-likeness (QED) is 0.181. The molecule has 2 aliphatic heterocycles. The Hall–Kier alpha value is -4.39. The third-order valence-corrected chi connectivity index (χ3v) is 13.8. The molecular weight excluding hydrogens is 838 g/mol. The molecule has 2 aromatic rings. The van der Waals surface area contributed by atoms with Gasteiger partial charge in [-0.25, -0.2) is 30.8 Å². The summed E-state index contributed by atoms with van der Waals surface area (Å²) in [4.78, 5) is 61.9. The summed E-state index contributed by atoms with van der Waals surface area (Å²) in [7, 11) is -4.02. The zero-order valence-electron chi connectivity index (χ0n) is 33.8. The summed E-state index contributed by atoms with van der Waals surface area (Å²) in [6.45, 7) is 4.99. The van der Waals surface area contributed by atoms with Gasteiger partial charge in [0.15, 0.2) is 12.2 Å². The van der Waals surface area contributed by atoms with Gasteiger partial charge < -0.3 is 29.7 Å². The van der Waals surface area contributed by atoms with Gasteiger partial charge in [0.25, 0.3) is 18.3 Å². The van der Waals surface area contributed by atoms with Crippen LogP contribution in [0.3, 0.4) is 0 Å². The van der Waals surface area contributed by atoms with E-state index in [1.165, 1.54) is 6.07 Å². The lowest BCUT2D eigenvalue weighted by Gasteiger charge is -2.35. The van der Waals surface area contributed by atoms with E-state index in [9.17, 15) is 45.2 Å². The van der Waals surface area contributed by atoms with E-state index in [0.717, 1.165) is 18.7 Å². The molecule has 1 aromatic heterocycles. The van der Waals surface area contributed by atoms with Crippen LogP contribution in [0.1, 0.15) is 79.6 Å². The number of alkyl carbamates (subject to hydrolysis) is 1. The van der Waals surface area contributed by atoms with Gasteiger partial charge in [0.1, 0.15) is 23.7 Å². The zero-order chi connectivity index (χ0) is 43.9. The van der Waals surface area contributed by atoms with Crippen LogP contribution in [-0.2, 0) is 29.1 Å². The minimum absolute atomic E-state index is 0.0359. The van der Waals surface area contributed by atoms with Crippen LogP contribution in [0.4, 0.5) is 22.4 Å². The first-order chi connectivity index (χ1) is 28.0. The van der Waals surface area contributed by atoms with Gasteiger partial charge in [-0.05, 0) is 76.3 Å². The van der Waals surface area contributed by atoms with Gasteiger partial charge in [-0.3, -0.25) is 19.1 Å². The van der Waals surface area contributed by atoms with E-state index in [1.807, 2.05) is 13.0 Å². The molecular formula is C40H50ClF4N5O9S. The fraction of sp³-hybridized carbons (Fsp3) is 0.625. The van der Waals surface area contributed by atoms with Gasteiger partial charge in [0.2, 0.25) is 33.6 Å². The number of aromatic nitrogens is 1. The molecule has 4 aliphatic rings. The number of fused-ring (bicyclic) bond motifs is 3. The fourth-order valence-corrected chi connectivity index (χ4v) is 9.22. The number of allylic oxidation sites excluding steroid dienone is 1. The Morgan fingerprint density at radius 2 is 1.82 bits per heavy atom. The Kier molecular flexibility index (Phi) is 12.9. The zero-order valence-corrected chi connectivity index (χ0v) is 35.4. The van der Waals surface area contributed by atoms with Crippen molar-refractivity contribution in [2.75, 3.05) is 13.2 Å². The van der Waals surface area contributed by atoms with Gasteiger partial charge >= 0.3 is 6.09 Å². The monoisotopic (exact) mass is 887 g/mol. The molecule has 3 fully saturated rings. The highest BCUT2D eigenvalue weighted by atomic mass is 35.5. The number of rotatable bonds is 11. The van der Waals surface area contributed by atoms with Gasteiger partial charge in [-0.2, -0.15) is 4.98 Å². The van der Waals surface area contributed by atoms with Crippen molar-refractivity contribution in [1.29, 1.82) is 0 Å². The number of amides is 4. The number of pyridine rings is 1. The highest BCUT2D eigenvalue weighted by molar-refractivity contribution is 7.91. The Labute approximate surface area is 350 Å². The minimum Gasteiger partial charge on any atom is -0.472 e. The molecule has 330 valence electrons. The molecule has 0 spiro atoms. The molecule has 4 amide bonds. The molecule has 2 aliphatic carbocycles. The highest BCUT2D eigenvalue weighted by Crippen LogP contribution is 2.46. The van der Waals surface area contributed by atoms with Crippen LogP contribution in [0.5, 0.6) is 11.8 Å². The first kappa shape index (κ1) is 45.1. The van der Waals surface area contributed by atoms with Crippen molar-refractivity contribution >= 4 is 56.2 Å². The fourth-order valence-electron chi connectivity index (χ4n) is 7.63. The van der Waals surface area contributed by atoms with E-state index >= 15 is 0 Å². The molecule has 1 saturated heterocycles. The molecule has 0 radical (unpaired) electrons. The van der Waals surface area contributed by atoms with Crippen molar-refractivity contribution in [3.8, 4) is 11.8 Å². The number of alkyl halides is 4. The van der Waals surface area contributed by atoms with E-state index in [2.05, 4.69) is 20.3 Å². The van der Waals surface area contributed by atoms with E-state index in [0.29, 0.717) is 49.8 Å². The number of ether oxygens (including phenoxy) is 3. The molecule has 3 heterocycles. The summed E-state index contributed by atoms with van der Waals surface area (Å²) in [5, 5.41) is 5.45. The third-order valence-electron chi connectivity index (χ3n) is 11.7. The first-order valence-electron chi connectivity index (χ1n) is 19.9. The summed E-state index contributed by atoms with van der Waals surface area (Å²) < 4.78 is 99.7. The van der Waals surface area contributed by atoms with Crippen LogP contribution in [0, 0.1) is 17.8 Å². The van der Waals surface area contributed by atoms with Crippen molar-refractivity contribution in [1.82, 2.24) is 25.2 Å². The van der Waals surface area contributed by atoms with Crippen molar-refractivity contribution in [3.63, 3.8) is 0 Å². The van der Waals surface area contributed by atoms with E-state index < -0.39 is 99.2 Å². The molecule has 20 heteroatoms. The predicted molar refractivity (Wildman–Crippen MR) is 211 cm³/mol. The second kappa shape index (κ2) is 17.2. The Balaban J connectivity index is 1.37. The van der Waals surface area contributed by atoms with Crippen LogP contribution >= 0.6 is 11.6 Å². The molecule has 2 saturated carbocycles. The number of halogens is 5. The van der Waals surface area contributed by atoms with Crippen LogP contribution in [-0.4, -0.2) is 102 Å². The average Bonchev–Trinajstić information content (AvgIpc) is 4.07. The van der Waals surface area contributed by atoms with E-state index in [-0.39, 0.29) is 42.1 Å². The van der Waals surface area contributed by atoms with Crippen molar-refractivity contribution in [3.05, 3.63) is 41.4 Å². The maximum Gasteiger partial charge on any atom is 0.408 e. The molecule has 7 atom stereocenters. The Morgan fingerprint density at radius 3 is 2.48 bits per heavy atom. The number of nitrogens with one attached hydrogen (secondary N) is 3. The molecule has 3 N–H and O–H groups in total. The first-order valence-corrected chi connectivity index (χ1v) is 21.8. The number of benzene rings is 1. The van der Waals surface area contributed by atoms with Crippen LogP contribution < -0.4 is 24.8 Å². The van der Waals surface area contributed by atoms with Crippen LogP contribution in [0.2, 0.25) is 5.02 Å².